The molecule has 0 spiro atoms. The van der Waals surface area contributed by atoms with Gasteiger partial charge >= 0.3 is 0 Å². The molecule has 2 aliphatic heterocycles. The van der Waals surface area contributed by atoms with Gasteiger partial charge in [0, 0.05) is 32.4 Å². The molecule has 2 aliphatic rings. The summed E-state index contributed by atoms with van der Waals surface area (Å²) in [5.41, 5.74) is 2.82. The van der Waals surface area contributed by atoms with Crippen LogP contribution in [0.3, 0.4) is 0 Å². The zero-order valence-electron chi connectivity index (χ0n) is 16.4. The molecule has 1 amide bonds. The number of rotatable bonds is 4. The first kappa shape index (κ1) is 18.7. The molecule has 1 N–H and O–H groups in total. The Bertz CT molecular complexity index is 802. The molecule has 1 atom stereocenters. The van der Waals surface area contributed by atoms with Gasteiger partial charge in [-0.05, 0) is 43.0 Å². The molecule has 0 radical (unpaired) electrons. The highest BCUT2D eigenvalue weighted by atomic mass is 16.5. The Hall–Kier alpha value is -2.60. The van der Waals surface area contributed by atoms with E-state index in [0.717, 1.165) is 63.0 Å². The molecule has 3 heterocycles. The molecule has 28 heavy (non-hydrogen) atoms. The van der Waals surface area contributed by atoms with Crippen LogP contribution in [-0.4, -0.2) is 55.2 Å². The van der Waals surface area contributed by atoms with Crippen LogP contribution in [0.4, 0.5) is 17.2 Å². The normalized spacial score (nSPS) is 20.1. The number of benzene rings is 1. The van der Waals surface area contributed by atoms with E-state index in [-0.39, 0.29) is 5.91 Å². The largest absolute Gasteiger partial charge is 0.378 e. The van der Waals surface area contributed by atoms with E-state index < -0.39 is 0 Å². The Morgan fingerprint density at radius 2 is 1.96 bits per heavy atom. The molecule has 1 unspecified atom stereocenters. The summed E-state index contributed by atoms with van der Waals surface area (Å²) in [5, 5.41) is 3.40. The molecule has 0 aliphatic carbocycles. The molecule has 6 heteroatoms. The van der Waals surface area contributed by atoms with Gasteiger partial charge in [-0.2, -0.15) is 0 Å². The van der Waals surface area contributed by atoms with Crippen LogP contribution < -0.4 is 10.2 Å². The maximum atomic E-state index is 12.7. The minimum Gasteiger partial charge on any atom is -0.378 e. The summed E-state index contributed by atoms with van der Waals surface area (Å²) in [6.07, 6.45) is 3.97. The Kier molecular flexibility index (Phi) is 5.76. The zero-order valence-corrected chi connectivity index (χ0v) is 16.4. The monoisotopic (exact) mass is 380 g/mol. The predicted molar refractivity (Wildman–Crippen MR) is 111 cm³/mol. The number of morpholine rings is 1. The molecule has 148 valence electrons. The first-order valence-corrected chi connectivity index (χ1v) is 10.1. The van der Waals surface area contributed by atoms with Gasteiger partial charge in [0.1, 0.15) is 5.82 Å². The van der Waals surface area contributed by atoms with Crippen molar-refractivity contribution in [2.24, 2.45) is 5.92 Å². The number of amides is 1. The Morgan fingerprint density at radius 1 is 1.14 bits per heavy atom. The fraction of sp³-hybridized carbons (Fsp3) is 0.455. The van der Waals surface area contributed by atoms with Crippen LogP contribution >= 0.6 is 0 Å². The average Bonchev–Trinajstić information content (AvgIpc) is 2.75. The fourth-order valence-electron chi connectivity index (χ4n) is 3.95. The number of carbonyl (C=O) groups excluding carboxylic acids is 1. The van der Waals surface area contributed by atoms with Gasteiger partial charge in [-0.1, -0.05) is 19.1 Å². The van der Waals surface area contributed by atoms with Gasteiger partial charge in [0.2, 0.25) is 0 Å². The zero-order chi connectivity index (χ0) is 19.3. The van der Waals surface area contributed by atoms with E-state index in [1.807, 2.05) is 29.2 Å². The van der Waals surface area contributed by atoms with Gasteiger partial charge in [0.05, 0.1) is 30.2 Å². The fourth-order valence-corrected chi connectivity index (χ4v) is 3.95. The number of ether oxygens (including phenoxy) is 1. The molecule has 6 nitrogen and oxygen atoms in total. The maximum Gasteiger partial charge on any atom is 0.255 e. The van der Waals surface area contributed by atoms with Crippen molar-refractivity contribution in [3.8, 4) is 0 Å². The number of nitrogens with zero attached hydrogens (tertiary/aromatic N) is 3. The predicted octanol–water partition coefficient (Wildman–Crippen LogP) is 3.53. The number of piperidine rings is 1. The first-order valence-electron chi connectivity index (χ1n) is 10.1. The minimum absolute atomic E-state index is 0.0827. The molecule has 2 aromatic rings. The lowest BCUT2D eigenvalue weighted by Crippen LogP contribution is -2.39. The second-order valence-electron chi connectivity index (χ2n) is 7.67. The number of pyridine rings is 1. The third kappa shape index (κ3) is 4.28. The highest BCUT2D eigenvalue weighted by Gasteiger charge is 2.22. The van der Waals surface area contributed by atoms with Crippen LogP contribution in [0.1, 0.15) is 30.1 Å². The van der Waals surface area contributed by atoms with Crippen molar-refractivity contribution < 1.29 is 9.53 Å². The van der Waals surface area contributed by atoms with E-state index in [4.69, 9.17) is 4.74 Å². The van der Waals surface area contributed by atoms with Crippen LogP contribution in [0.15, 0.2) is 42.6 Å². The molecular formula is C22H28N4O2. The lowest BCUT2D eigenvalue weighted by molar-refractivity contribution is 0.0682. The summed E-state index contributed by atoms with van der Waals surface area (Å²) in [5.74, 6) is 1.40. The van der Waals surface area contributed by atoms with Crippen LogP contribution in [-0.2, 0) is 4.74 Å². The van der Waals surface area contributed by atoms with Crippen molar-refractivity contribution in [1.29, 1.82) is 0 Å². The van der Waals surface area contributed by atoms with E-state index in [9.17, 15) is 4.79 Å². The molecule has 1 aromatic heterocycles. The Labute approximate surface area is 166 Å². The van der Waals surface area contributed by atoms with Gasteiger partial charge in [-0.25, -0.2) is 4.98 Å². The van der Waals surface area contributed by atoms with Gasteiger partial charge in [-0.15, -0.1) is 0 Å². The van der Waals surface area contributed by atoms with Gasteiger partial charge < -0.3 is 19.9 Å². The van der Waals surface area contributed by atoms with Crippen molar-refractivity contribution >= 4 is 23.1 Å². The first-order chi connectivity index (χ1) is 13.7. The number of nitrogens with one attached hydrogen (secondary N) is 1. The molecule has 4 rings (SSSR count). The standard InChI is InChI=1S/C22H28N4O2/c1-17-5-4-10-26(16-17)22(27)18-8-9-21(23-15-18)24-19-6-2-3-7-20(19)25-11-13-28-14-12-25/h2-3,6-9,15,17H,4-5,10-14,16H2,1H3,(H,23,24). The number of hydrogen-bond donors (Lipinski definition) is 1. The topological polar surface area (TPSA) is 57.7 Å². The molecule has 0 bridgehead atoms. The van der Waals surface area contributed by atoms with Gasteiger partial charge in [-0.3, -0.25) is 4.79 Å². The molecule has 2 saturated heterocycles. The highest BCUT2D eigenvalue weighted by molar-refractivity contribution is 5.94. The van der Waals surface area contributed by atoms with Crippen molar-refractivity contribution in [1.82, 2.24) is 9.88 Å². The van der Waals surface area contributed by atoms with Crippen molar-refractivity contribution in [3.05, 3.63) is 48.2 Å². The smallest absolute Gasteiger partial charge is 0.255 e. The highest BCUT2D eigenvalue weighted by Crippen LogP contribution is 2.28. The Morgan fingerprint density at radius 3 is 2.71 bits per heavy atom. The lowest BCUT2D eigenvalue weighted by Gasteiger charge is -2.31. The Balaban J connectivity index is 1.46. The van der Waals surface area contributed by atoms with Crippen LogP contribution in [0.25, 0.3) is 0 Å². The van der Waals surface area contributed by atoms with E-state index >= 15 is 0 Å². The van der Waals surface area contributed by atoms with Crippen LogP contribution in [0.2, 0.25) is 0 Å². The number of hydrogen-bond acceptors (Lipinski definition) is 5. The van der Waals surface area contributed by atoms with Crippen LogP contribution in [0.5, 0.6) is 0 Å². The van der Waals surface area contributed by atoms with E-state index in [2.05, 4.69) is 34.3 Å². The molecule has 1 aromatic carbocycles. The van der Waals surface area contributed by atoms with E-state index in [0.29, 0.717) is 11.5 Å². The SMILES string of the molecule is CC1CCCN(C(=O)c2ccc(Nc3ccccc3N3CCOCC3)nc2)C1. The number of anilines is 3. The lowest BCUT2D eigenvalue weighted by atomic mass is 10.00. The maximum absolute atomic E-state index is 12.7. The quantitative estimate of drug-likeness (QED) is 0.879. The van der Waals surface area contributed by atoms with Crippen molar-refractivity contribution in [3.63, 3.8) is 0 Å². The summed E-state index contributed by atoms with van der Waals surface area (Å²) in [6, 6.07) is 12.0. The molecule has 2 fully saturated rings. The molecular weight excluding hydrogens is 352 g/mol. The van der Waals surface area contributed by atoms with E-state index in [1.165, 1.54) is 6.42 Å². The average molecular weight is 380 g/mol. The van der Waals surface area contributed by atoms with Crippen molar-refractivity contribution in [2.45, 2.75) is 19.8 Å². The number of aromatic nitrogens is 1. The van der Waals surface area contributed by atoms with Gasteiger partial charge in [0.25, 0.3) is 5.91 Å². The second kappa shape index (κ2) is 8.61. The second-order valence-corrected chi connectivity index (χ2v) is 7.67. The third-order valence-corrected chi connectivity index (χ3v) is 5.47. The van der Waals surface area contributed by atoms with Crippen LogP contribution in [0, 0.1) is 5.92 Å². The van der Waals surface area contributed by atoms with E-state index in [1.54, 1.807) is 6.20 Å². The molecule has 0 saturated carbocycles. The van der Waals surface area contributed by atoms with Gasteiger partial charge in [0.15, 0.2) is 0 Å². The summed E-state index contributed by atoms with van der Waals surface area (Å²) < 4.78 is 5.46. The summed E-state index contributed by atoms with van der Waals surface area (Å²) in [4.78, 5) is 21.5. The summed E-state index contributed by atoms with van der Waals surface area (Å²) in [7, 11) is 0. The number of likely N-dealkylation sites (tertiary alicyclic amines) is 1. The third-order valence-electron chi connectivity index (χ3n) is 5.47. The number of carbonyl (C=O) groups is 1. The minimum atomic E-state index is 0.0827. The summed E-state index contributed by atoms with van der Waals surface area (Å²) in [6.45, 7) is 7.15. The summed E-state index contributed by atoms with van der Waals surface area (Å²) >= 11 is 0. The van der Waals surface area contributed by atoms with Crippen molar-refractivity contribution in [2.75, 3.05) is 49.6 Å². The number of para-hydroxylation sites is 2.